The summed E-state index contributed by atoms with van der Waals surface area (Å²) in [7, 11) is 1.82. The highest BCUT2D eigenvalue weighted by molar-refractivity contribution is 5.72. The van der Waals surface area contributed by atoms with Crippen molar-refractivity contribution in [2.45, 2.75) is 19.9 Å². The van der Waals surface area contributed by atoms with E-state index in [2.05, 4.69) is 17.3 Å². The van der Waals surface area contributed by atoms with Gasteiger partial charge in [0.2, 0.25) is 0 Å². The van der Waals surface area contributed by atoms with Gasteiger partial charge >= 0.3 is 0 Å². The average Bonchev–Trinajstić information content (AvgIpc) is 2.80. The first-order chi connectivity index (χ1) is 9.63. The lowest BCUT2D eigenvalue weighted by Crippen LogP contribution is -2.14. The van der Waals surface area contributed by atoms with E-state index in [1.54, 1.807) is 22.9 Å². The fourth-order valence-electron chi connectivity index (χ4n) is 2.13. The van der Waals surface area contributed by atoms with Gasteiger partial charge in [-0.3, -0.25) is 14.8 Å². The van der Waals surface area contributed by atoms with Crippen molar-refractivity contribution in [3.05, 3.63) is 46.1 Å². The standard InChI is InChI=1S/C14H18N4O2/c1-3-8-15-9-11-10-17(2)16-14(11)12-6-4-5-7-13(12)18(19)20/h4-7,10,15H,3,8-9H2,1-2H3. The van der Waals surface area contributed by atoms with Gasteiger partial charge in [-0.15, -0.1) is 0 Å². The topological polar surface area (TPSA) is 73.0 Å². The Morgan fingerprint density at radius 3 is 2.85 bits per heavy atom. The van der Waals surface area contributed by atoms with E-state index in [1.807, 2.05) is 13.2 Å². The van der Waals surface area contributed by atoms with E-state index in [1.165, 1.54) is 6.07 Å². The van der Waals surface area contributed by atoms with Gasteiger partial charge in [-0.25, -0.2) is 0 Å². The van der Waals surface area contributed by atoms with E-state index in [0.717, 1.165) is 18.5 Å². The lowest BCUT2D eigenvalue weighted by molar-refractivity contribution is -0.384. The predicted molar refractivity (Wildman–Crippen MR) is 77.3 cm³/mol. The van der Waals surface area contributed by atoms with Crippen molar-refractivity contribution < 1.29 is 4.92 Å². The van der Waals surface area contributed by atoms with Crippen LogP contribution in [-0.2, 0) is 13.6 Å². The minimum absolute atomic E-state index is 0.0861. The van der Waals surface area contributed by atoms with Gasteiger partial charge in [0.05, 0.1) is 10.5 Å². The molecule has 0 aliphatic carbocycles. The van der Waals surface area contributed by atoms with Crippen LogP contribution in [-0.4, -0.2) is 21.2 Å². The van der Waals surface area contributed by atoms with Gasteiger partial charge in [0, 0.05) is 31.4 Å². The van der Waals surface area contributed by atoms with E-state index in [0.29, 0.717) is 17.8 Å². The van der Waals surface area contributed by atoms with E-state index in [9.17, 15) is 10.1 Å². The summed E-state index contributed by atoms with van der Waals surface area (Å²) in [6.07, 6.45) is 2.94. The lowest BCUT2D eigenvalue weighted by Gasteiger charge is -2.04. The summed E-state index contributed by atoms with van der Waals surface area (Å²) < 4.78 is 1.69. The molecule has 0 aliphatic rings. The van der Waals surface area contributed by atoms with Crippen LogP contribution in [0.3, 0.4) is 0 Å². The first kappa shape index (κ1) is 14.2. The van der Waals surface area contributed by atoms with Crippen LogP contribution >= 0.6 is 0 Å². The molecule has 6 nitrogen and oxygen atoms in total. The van der Waals surface area contributed by atoms with Crippen molar-refractivity contribution in [3.63, 3.8) is 0 Å². The summed E-state index contributed by atoms with van der Waals surface area (Å²) in [6.45, 7) is 3.66. The number of para-hydroxylation sites is 1. The number of aromatic nitrogens is 2. The van der Waals surface area contributed by atoms with Gasteiger partial charge < -0.3 is 5.32 Å². The van der Waals surface area contributed by atoms with Crippen molar-refractivity contribution >= 4 is 5.69 Å². The molecule has 106 valence electrons. The smallest absolute Gasteiger partial charge is 0.278 e. The molecular formula is C14H18N4O2. The van der Waals surface area contributed by atoms with Crippen LogP contribution in [0.2, 0.25) is 0 Å². The second-order valence-electron chi connectivity index (χ2n) is 4.63. The Balaban J connectivity index is 2.39. The molecule has 20 heavy (non-hydrogen) atoms. The number of aryl methyl sites for hydroxylation is 1. The van der Waals surface area contributed by atoms with Gasteiger partial charge in [-0.05, 0) is 19.0 Å². The van der Waals surface area contributed by atoms with Crippen molar-refractivity contribution in [1.82, 2.24) is 15.1 Å². The predicted octanol–water partition coefficient (Wildman–Crippen LogP) is 2.49. The number of nitrogens with one attached hydrogen (secondary N) is 1. The normalized spacial score (nSPS) is 10.7. The van der Waals surface area contributed by atoms with Crippen molar-refractivity contribution in [1.29, 1.82) is 0 Å². The monoisotopic (exact) mass is 274 g/mol. The van der Waals surface area contributed by atoms with Gasteiger partial charge in [-0.1, -0.05) is 19.1 Å². The SMILES string of the molecule is CCCNCc1cn(C)nc1-c1ccccc1[N+](=O)[O-]. The first-order valence-corrected chi connectivity index (χ1v) is 6.60. The molecule has 0 spiro atoms. The van der Waals surface area contributed by atoms with E-state index in [-0.39, 0.29) is 10.6 Å². The molecule has 0 aliphatic heterocycles. The van der Waals surface area contributed by atoms with Crippen LogP contribution in [0.15, 0.2) is 30.5 Å². The van der Waals surface area contributed by atoms with Gasteiger partial charge in [-0.2, -0.15) is 5.10 Å². The Morgan fingerprint density at radius 1 is 1.40 bits per heavy atom. The van der Waals surface area contributed by atoms with Gasteiger partial charge in [0.1, 0.15) is 5.69 Å². The minimum Gasteiger partial charge on any atom is -0.313 e. The van der Waals surface area contributed by atoms with E-state index >= 15 is 0 Å². The zero-order valence-electron chi connectivity index (χ0n) is 11.7. The minimum atomic E-state index is -0.368. The second kappa shape index (κ2) is 6.29. The number of nitro groups is 1. The Bertz CT molecular complexity index is 607. The fourth-order valence-corrected chi connectivity index (χ4v) is 2.13. The maximum absolute atomic E-state index is 11.1. The molecule has 6 heteroatoms. The molecule has 0 saturated heterocycles. The number of hydrogen-bond donors (Lipinski definition) is 1. The summed E-state index contributed by atoms with van der Waals surface area (Å²) in [6, 6.07) is 6.71. The Hall–Kier alpha value is -2.21. The van der Waals surface area contributed by atoms with Crippen LogP contribution in [0, 0.1) is 10.1 Å². The molecule has 1 aromatic carbocycles. The van der Waals surface area contributed by atoms with E-state index < -0.39 is 0 Å². The van der Waals surface area contributed by atoms with Crippen LogP contribution in [0.1, 0.15) is 18.9 Å². The van der Waals surface area contributed by atoms with Crippen molar-refractivity contribution in [3.8, 4) is 11.3 Å². The third-order valence-corrected chi connectivity index (χ3v) is 3.00. The third-order valence-electron chi connectivity index (χ3n) is 3.00. The second-order valence-corrected chi connectivity index (χ2v) is 4.63. The highest BCUT2D eigenvalue weighted by atomic mass is 16.6. The molecule has 1 aromatic heterocycles. The molecular weight excluding hydrogens is 256 g/mol. The Kier molecular flexibility index (Phi) is 4.47. The van der Waals surface area contributed by atoms with Gasteiger partial charge in [0.15, 0.2) is 0 Å². The van der Waals surface area contributed by atoms with Crippen LogP contribution < -0.4 is 5.32 Å². The third kappa shape index (κ3) is 3.03. The average molecular weight is 274 g/mol. The molecule has 0 radical (unpaired) electrons. The Labute approximate surface area is 117 Å². The fraction of sp³-hybridized carbons (Fsp3) is 0.357. The molecule has 0 saturated carbocycles. The Morgan fingerprint density at radius 2 is 2.15 bits per heavy atom. The number of hydrogen-bond acceptors (Lipinski definition) is 4. The molecule has 2 rings (SSSR count). The molecule has 0 fully saturated rings. The molecule has 1 N–H and O–H groups in total. The zero-order chi connectivity index (χ0) is 14.5. The summed E-state index contributed by atoms with van der Waals surface area (Å²) in [5.41, 5.74) is 2.29. The van der Waals surface area contributed by atoms with Gasteiger partial charge in [0.25, 0.3) is 5.69 Å². The van der Waals surface area contributed by atoms with Crippen LogP contribution in [0.4, 0.5) is 5.69 Å². The molecule has 1 heterocycles. The molecule has 0 bridgehead atoms. The first-order valence-electron chi connectivity index (χ1n) is 6.60. The highest BCUT2D eigenvalue weighted by Crippen LogP contribution is 2.30. The van der Waals surface area contributed by atoms with Crippen molar-refractivity contribution in [2.75, 3.05) is 6.54 Å². The highest BCUT2D eigenvalue weighted by Gasteiger charge is 2.19. The maximum atomic E-state index is 11.1. The number of nitro benzene ring substituents is 1. The van der Waals surface area contributed by atoms with Crippen LogP contribution in [0.25, 0.3) is 11.3 Å². The number of nitrogens with zero attached hydrogens (tertiary/aromatic N) is 3. The molecule has 0 unspecified atom stereocenters. The molecule has 0 amide bonds. The van der Waals surface area contributed by atoms with Crippen molar-refractivity contribution in [2.24, 2.45) is 7.05 Å². The summed E-state index contributed by atoms with van der Waals surface area (Å²) >= 11 is 0. The maximum Gasteiger partial charge on any atom is 0.278 e. The molecule has 2 aromatic rings. The summed E-state index contributed by atoms with van der Waals surface area (Å²) in [5.74, 6) is 0. The van der Waals surface area contributed by atoms with E-state index in [4.69, 9.17) is 0 Å². The zero-order valence-corrected chi connectivity index (χ0v) is 11.7. The summed E-state index contributed by atoms with van der Waals surface area (Å²) in [4.78, 5) is 10.8. The quantitative estimate of drug-likeness (QED) is 0.499. The largest absolute Gasteiger partial charge is 0.313 e. The van der Waals surface area contributed by atoms with Crippen LogP contribution in [0.5, 0.6) is 0 Å². The lowest BCUT2D eigenvalue weighted by atomic mass is 10.1. The number of rotatable bonds is 6. The summed E-state index contributed by atoms with van der Waals surface area (Å²) in [5, 5.41) is 18.8. The number of benzene rings is 1. The molecule has 0 atom stereocenters.